The van der Waals surface area contributed by atoms with E-state index in [0.717, 1.165) is 23.2 Å². The lowest BCUT2D eigenvalue weighted by molar-refractivity contribution is -0.115. The van der Waals surface area contributed by atoms with Crippen LogP contribution < -0.4 is 10.7 Å². The predicted octanol–water partition coefficient (Wildman–Crippen LogP) is 4.68. The highest BCUT2D eigenvalue weighted by atomic mass is 16.2. The van der Waals surface area contributed by atoms with Gasteiger partial charge in [-0.3, -0.25) is 9.59 Å². The number of nitrogens with one attached hydrogen (secondary N) is 2. The van der Waals surface area contributed by atoms with Gasteiger partial charge in [0.1, 0.15) is 0 Å². The number of amides is 2. The van der Waals surface area contributed by atoms with Crippen LogP contribution in [0.3, 0.4) is 0 Å². The number of carbonyl (C=O) groups excluding carboxylic acids is 2. The number of anilines is 1. The molecular weight excluding hydrogens is 350 g/mol. The van der Waals surface area contributed by atoms with E-state index in [1.54, 1.807) is 19.1 Å². The third kappa shape index (κ3) is 6.05. The summed E-state index contributed by atoms with van der Waals surface area (Å²) in [7, 11) is 0. The summed E-state index contributed by atoms with van der Waals surface area (Å²) in [6.07, 6.45) is 0.953. The van der Waals surface area contributed by atoms with E-state index < -0.39 is 0 Å². The van der Waals surface area contributed by atoms with Gasteiger partial charge in [0.15, 0.2) is 0 Å². The summed E-state index contributed by atoms with van der Waals surface area (Å²) in [6.45, 7) is 10.1. The second-order valence-corrected chi connectivity index (χ2v) is 7.85. The number of hydrazone groups is 1. The second kappa shape index (κ2) is 9.31. The molecule has 0 saturated heterocycles. The standard InChI is InChI=1S/C23H29N3O2/c1-6-17-9-7-8-10-20(17)24-21(27)15-16(2)25-26-22(28)18-11-13-19(14-12-18)23(3,4)5/h7-14H,6,15H2,1-5H3,(H,24,27)(H,26,28)/b25-16-. The van der Waals surface area contributed by atoms with Crippen molar-refractivity contribution < 1.29 is 9.59 Å². The van der Waals surface area contributed by atoms with Gasteiger partial charge in [0.2, 0.25) is 5.91 Å². The van der Waals surface area contributed by atoms with Crippen LogP contribution in [0.25, 0.3) is 0 Å². The number of aryl methyl sites for hydroxylation is 1. The van der Waals surface area contributed by atoms with Gasteiger partial charge >= 0.3 is 0 Å². The Hall–Kier alpha value is -2.95. The summed E-state index contributed by atoms with van der Waals surface area (Å²) in [5, 5.41) is 6.95. The van der Waals surface area contributed by atoms with Gasteiger partial charge in [-0.2, -0.15) is 5.10 Å². The summed E-state index contributed by atoms with van der Waals surface area (Å²) in [5.74, 6) is -0.456. The molecule has 2 N–H and O–H groups in total. The zero-order valence-corrected chi connectivity index (χ0v) is 17.3. The molecule has 0 radical (unpaired) electrons. The van der Waals surface area contributed by atoms with E-state index in [-0.39, 0.29) is 23.7 Å². The first-order valence-electron chi connectivity index (χ1n) is 9.52. The quantitative estimate of drug-likeness (QED) is 0.565. The third-order valence-corrected chi connectivity index (χ3v) is 4.45. The number of carbonyl (C=O) groups is 2. The van der Waals surface area contributed by atoms with Gasteiger partial charge in [0.05, 0.1) is 6.42 Å². The summed E-state index contributed by atoms with van der Waals surface area (Å²) in [5.41, 5.74) is 6.67. The Labute approximate surface area is 167 Å². The third-order valence-electron chi connectivity index (χ3n) is 4.45. The highest BCUT2D eigenvalue weighted by molar-refractivity contribution is 6.06. The van der Waals surface area contributed by atoms with Gasteiger partial charge in [-0.25, -0.2) is 5.43 Å². The molecule has 2 rings (SSSR count). The first-order chi connectivity index (χ1) is 13.2. The Kier molecular flexibility index (Phi) is 7.10. The first-order valence-corrected chi connectivity index (χ1v) is 9.52. The van der Waals surface area contributed by atoms with Crippen molar-refractivity contribution in [3.63, 3.8) is 0 Å². The van der Waals surface area contributed by atoms with Crippen LogP contribution in [0.4, 0.5) is 5.69 Å². The molecule has 0 aliphatic carbocycles. The fourth-order valence-corrected chi connectivity index (χ4v) is 2.75. The van der Waals surface area contributed by atoms with E-state index >= 15 is 0 Å². The van der Waals surface area contributed by atoms with Gasteiger partial charge in [-0.1, -0.05) is 58.0 Å². The Balaban J connectivity index is 1.92. The maximum absolute atomic E-state index is 12.3. The summed E-state index contributed by atoms with van der Waals surface area (Å²) in [6, 6.07) is 15.2. The minimum atomic E-state index is -0.295. The van der Waals surface area contributed by atoms with Gasteiger partial charge < -0.3 is 5.32 Å². The van der Waals surface area contributed by atoms with Crippen LogP contribution in [0.5, 0.6) is 0 Å². The molecule has 28 heavy (non-hydrogen) atoms. The maximum Gasteiger partial charge on any atom is 0.271 e. The van der Waals surface area contributed by atoms with Crippen LogP contribution >= 0.6 is 0 Å². The molecule has 5 heteroatoms. The molecule has 0 aliphatic rings. The van der Waals surface area contributed by atoms with Crippen molar-refractivity contribution in [2.24, 2.45) is 5.10 Å². The zero-order valence-electron chi connectivity index (χ0n) is 17.3. The molecular formula is C23H29N3O2. The smallest absolute Gasteiger partial charge is 0.271 e. The highest BCUT2D eigenvalue weighted by Gasteiger charge is 2.14. The van der Waals surface area contributed by atoms with Crippen LogP contribution in [0.15, 0.2) is 53.6 Å². The van der Waals surface area contributed by atoms with Gasteiger partial charge in [-0.15, -0.1) is 0 Å². The largest absolute Gasteiger partial charge is 0.326 e. The summed E-state index contributed by atoms with van der Waals surface area (Å²) < 4.78 is 0. The molecule has 0 spiro atoms. The number of para-hydroxylation sites is 1. The topological polar surface area (TPSA) is 70.6 Å². The van der Waals surface area contributed by atoms with Gasteiger partial charge in [0.25, 0.3) is 5.91 Å². The molecule has 0 saturated carbocycles. The SMILES string of the molecule is CCc1ccccc1NC(=O)C/C(C)=N\NC(=O)c1ccc(C(C)(C)C)cc1. The molecule has 0 atom stereocenters. The van der Waals surface area contributed by atoms with E-state index in [1.807, 2.05) is 43.3 Å². The molecule has 0 aromatic heterocycles. The van der Waals surface area contributed by atoms with Crippen molar-refractivity contribution in [3.05, 3.63) is 65.2 Å². The normalized spacial score (nSPS) is 11.8. The summed E-state index contributed by atoms with van der Waals surface area (Å²) in [4.78, 5) is 24.5. The van der Waals surface area contributed by atoms with Crippen LogP contribution in [-0.4, -0.2) is 17.5 Å². The molecule has 0 fully saturated rings. The second-order valence-electron chi connectivity index (χ2n) is 7.85. The Morgan fingerprint density at radius 3 is 2.25 bits per heavy atom. The van der Waals surface area contributed by atoms with Crippen LogP contribution in [0.2, 0.25) is 0 Å². The van der Waals surface area contributed by atoms with Crippen LogP contribution in [0.1, 0.15) is 62.5 Å². The minimum Gasteiger partial charge on any atom is -0.326 e. The average molecular weight is 380 g/mol. The lowest BCUT2D eigenvalue weighted by Crippen LogP contribution is -2.22. The van der Waals surface area contributed by atoms with E-state index in [4.69, 9.17) is 0 Å². The van der Waals surface area contributed by atoms with Crippen molar-refractivity contribution >= 4 is 23.2 Å². The minimum absolute atomic E-state index is 0.0352. The molecule has 2 aromatic rings. The van der Waals surface area contributed by atoms with Crippen molar-refractivity contribution in [1.29, 1.82) is 0 Å². The fraction of sp³-hybridized carbons (Fsp3) is 0.348. The molecule has 2 aromatic carbocycles. The molecule has 2 amide bonds. The van der Waals surface area contributed by atoms with Crippen molar-refractivity contribution in [2.75, 3.05) is 5.32 Å². The van der Waals surface area contributed by atoms with Crippen molar-refractivity contribution in [3.8, 4) is 0 Å². The highest BCUT2D eigenvalue weighted by Crippen LogP contribution is 2.22. The molecule has 0 bridgehead atoms. The summed E-state index contributed by atoms with van der Waals surface area (Å²) >= 11 is 0. The lowest BCUT2D eigenvalue weighted by atomic mass is 9.87. The average Bonchev–Trinajstić information content (AvgIpc) is 2.66. The molecule has 0 aliphatic heterocycles. The van der Waals surface area contributed by atoms with Gasteiger partial charge in [0, 0.05) is 17.0 Å². The van der Waals surface area contributed by atoms with E-state index in [1.165, 1.54) is 0 Å². The maximum atomic E-state index is 12.3. The number of benzene rings is 2. The zero-order chi connectivity index (χ0) is 20.7. The monoisotopic (exact) mass is 379 g/mol. The van der Waals surface area contributed by atoms with Crippen molar-refractivity contribution in [1.82, 2.24) is 5.43 Å². The number of nitrogens with zero attached hydrogens (tertiary/aromatic N) is 1. The van der Waals surface area contributed by atoms with Crippen LogP contribution in [0, 0.1) is 0 Å². The number of hydrogen-bond acceptors (Lipinski definition) is 3. The predicted molar refractivity (Wildman–Crippen MR) is 115 cm³/mol. The Bertz CT molecular complexity index is 862. The van der Waals surface area contributed by atoms with Gasteiger partial charge in [-0.05, 0) is 48.1 Å². The molecule has 5 nitrogen and oxygen atoms in total. The Morgan fingerprint density at radius 2 is 1.64 bits per heavy atom. The molecule has 0 unspecified atom stereocenters. The fourth-order valence-electron chi connectivity index (χ4n) is 2.75. The number of rotatable bonds is 6. The first kappa shape index (κ1) is 21.4. The van der Waals surface area contributed by atoms with E-state index in [9.17, 15) is 9.59 Å². The molecule has 148 valence electrons. The van der Waals surface area contributed by atoms with Crippen LogP contribution in [-0.2, 0) is 16.6 Å². The lowest BCUT2D eigenvalue weighted by Gasteiger charge is -2.18. The van der Waals surface area contributed by atoms with E-state index in [2.05, 4.69) is 36.6 Å². The molecule has 0 heterocycles. The van der Waals surface area contributed by atoms with Crippen molar-refractivity contribution in [2.45, 2.75) is 52.9 Å². The number of hydrogen-bond donors (Lipinski definition) is 2. The van der Waals surface area contributed by atoms with E-state index in [0.29, 0.717) is 11.3 Å². The Morgan fingerprint density at radius 1 is 1.00 bits per heavy atom.